The Morgan fingerprint density at radius 1 is 0.929 bits per heavy atom. The number of anilines is 2. The van der Waals surface area contributed by atoms with E-state index in [1.807, 2.05) is 36.4 Å². The zero-order valence-corrected chi connectivity index (χ0v) is 7.64. The molecule has 3 nitrogen and oxygen atoms in total. The molecule has 0 amide bonds. The van der Waals surface area contributed by atoms with E-state index in [1.54, 1.807) is 6.20 Å². The fraction of sp³-hybridized carbons (Fsp3) is 0. The third-order valence-electron chi connectivity index (χ3n) is 2.02. The summed E-state index contributed by atoms with van der Waals surface area (Å²) in [6, 6.07) is 11.1. The molecule has 0 aliphatic rings. The lowest BCUT2D eigenvalue weighted by Crippen LogP contribution is -1.92. The topological polar surface area (TPSA) is 64.9 Å². The molecule has 0 saturated heterocycles. The number of aromatic nitrogens is 1. The molecule has 0 aliphatic heterocycles. The summed E-state index contributed by atoms with van der Waals surface area (Å²) in [4.78, 5) is 4.21. The molecule has 0 bridgehead atoms. The first-order valence-corrected chi connectivity index (χ1v) is 4.34. The largest absolute Gasteiger partial charge is 0.399 e. The van der Waals surface area contributed by atoms with Gasteiger partial charge in [-0.15, -0.1) is 0 Å². The van der Waals surface area contributed by atoms with Gasteiger partial charge < -0.3 is 11.5 Å². The van der Waals surface area contributed by atoms with Crippen molar-refractivity contribution in [3.63, 3.8) is 0 Å². The molecule has 2 rings (SSSR count). The summed E-state index contributed by atoms with van der Waals surface area (Å²) in [6.07, 6.45) is 1.72. The van der Waals surface area contributed by atoms with E-state index < -0.39 is 0 Å². The molecule has 0 unspecified atom stereocenters. The first-order valence-electron chi connectivity index (χ1n) is 4.34. The van der Waals surface area contributed by atoms with Gasteiger partial charge in [0, 0.05) is 17.4 Å². The molecule has 0 atom stereocenters. The lowest BCUT2D eigenvalue weighted by Gasteiger charge is -2.03. The second-order valence-corrected chi connectivity index (χ2v) is 3.06. The fourth-order valence-corrected chi connectivity index (χ4v) is 1.30. The maximum Gasteiger partial charge on any atom is 0.0931 e. The second-order valence-electron chi connectivity index (χ2n) is 3.06. The van der Waals surface area contributed by atoms with Crippen LogP contribution in [0.25, 0.3) is 11.3 Å². The lowest BCUT2D eigenvalue weighted by molar-refractivity contribution is 1.33. The van der Waals surface area contributed by atoms with Gasteiger partial charge in [-0.05, 0) is 24.3 Å². The highest BCUT2D eigenvalue weighted by molar-refractivity contribution is 5.72. The van der Waals surface area contributed by atoms with Crippen molar-refractivity contribution >= 4 is 11.4 Å². The molecule has 3 heteroatoms. The number of nitrogens with zero attached hydrogens (tertiary/aromatic N) is 1. The minimum atomic E-state index is 0.678. The zero-order valence-electron chi connectivity index (χ0n) is 7.64. The van der Waals surface area contributed by atoms with Crippen LogP contribution in [0.4, 0.5) is 11.4 Å². The Balaban J connectivity index is 2.50. The van der Waals surface area contributed by atoms with E-state index in [4.69, 9.17) is 11.5 Å². The minimum Gasteiger partial charge on any atom is -0.399 e. The first kappa shape index (κ1) is 8.56. The molecule has 1 heterocycles. The van der Waals surface area contributed by atoms with Crippen molar-refractivity contribution in [2.75, 3.05) is 11.5 Å². The van der Waals surface area contributed by atoms with E-state index in [9.17, 15) is 0 Å². The second kappa shape index (κ2) is 3.38. The standard InChI is InChI=1S/C11H11N3/c12-9-5-3-8(4-6-9)11-10(13)2-1-7-14-11/h1-7H,12-13H2. The van der Waals surface area contributed by atoms with Crippen LogP contribution in [0.15, 0.2) is 42.6 Å². The van der Waals surface area contributed by atoms with E-state index in [-0.39, 0.29) is 0 Å². The van der Waals surface area contributed by atoms with Gasteiger partial charge in [-0.3, -0.25) is 4.98 Å². The molecule has 2 aromatic rings. The fourth-order valence-electron chi connectivity index (χ4n) is 1.30. The molecular weight excluding hydrogens is 174 g/mol. The zero-order chi connectivity index (χ0) is 9.97. The van der Waals surface area contributed by atoms with Crippen molar-refractivity contribution in [3.8, 4) is 11.3 Å². The van der Waals surface area contributed by atoms with Crippen molar-refractivity contribution in [2.45, 2.75) is 0 Å². The van der Waals surface area contributed by atoms with Gasteiger partial charge in [-0.1, -0.05) is 12.1 Å². The molecule has 0 fully saturated rings. The summed E-state index contributed by atoms with van der Waals surface area (Å²) < 4.78 is 0. The smallest absolute Gasteiger partial charge is 0.0931 e. The Bertz CT molecular complexity index is 435. The minimum absolute atomic E-state index is 0.678. The number of hydrogen-bond acceptors (Lipinski definition) is 3. The van der Waals surface area contributed by atoms with Crippen LogP contribution >= 0.6 is 0 Å². The van der Waals surface area contributed by atoms with Gasteiger partial charge in [0.1, 0.15) is 0 Å². The Morgan fingerprint density at radius 3 is 2.29 bits per heavy atom. The average Bonchev–Trinajstić information content (AvgIpc) is 2.20. The number of pyridine rings is 1. The van der Waals surface area contributed by atoms with Gasteiger partial charge >= 0.3 is 0 Å². The van der Waals surface area contributed by atoms with E-state index in [0.717, 1.165) is 16.9 Å². The Labute approximate surface area is 82.4 Å². The molecule has 4 N–H and O–H groups in total. The Morgan fingerprint density at radius 2 is 1.64 bits per heavy atom. The lowest BCUT2D eigenvalue weighted by atomic mass is 10.1. The van der Waals surface area contributed by atoms with E-state index in [0.29, 0.717) is 5.69 Å². The molecule has 0 saturated carbocycles. The maximum atomic E-state index is 5.80. The van der Waals surface area contributed by atoms with Gasteiger partial charge in [-0.2, -0.15) is 0 Å². The number of hydrogen-bond donors (Lipinski definition) is 2. The summed E-state index contributed by atoms with van der Waals surface area (Å²) in [5.41, 5.74) is 14.6. The van der Waals surface area contributed by atoms with Crippen molar-refractivity contribution in [1.29, 1.82) is 0 Å². The van der Waals surface area contributed by atoms with Crippen molar-refractivity contribution in [1.82, 2.24) is 4.98 Å². The van der Waals surface area contributed by atoms with Crippen LogP contribution in [-0.2, 0) is 0 Å². The third kappa shape index (κ3) is 1.52. The van der Waals surface area contributed by atoms with Crippen LogP contribution in [0.1, 0.15) is 0 Å². The van der Waals surface area contributed by atoms with E-state index in [2.05, 4.69) is 4.98 Å². The van der Waals surface area contributed by atoms with Crippen LogP contribution in [0, 0.1) is 0 Å². The molecular formula is C11H11N3. The van der Waals surface area contributed by atoms with Gasteiger partial charge in [0.2, 0.25) is 0 Å². The highest BCUT2D eigenvalue weighted by Crippen LogP contribution is 2.23. The molecule has 70 valence electrons. The van der Waals surface area contributed by atoms with E-state index in [1.165, 1.54) is 0 Å². The summed E-state index contributed by atoms with van der Waals surface area (Å²) in [5, 5.41) is 0. The predicted molar refractivity (Wildman–Crippen MR) is 58.5 cm³/mol. The predicted octanol–water partition coefficient (Wildman–Crippen LogP) is 1.91. The molecule has 0 radical (unpaired) electrons. The average molecular weight is 185 g/mol. The molecule has 14 heavy (non-hydrogen) atoms. The van der Waals surface area contributed by atoms with Gasteiger partial charge in [-0.25, -0.2) is 0 Å². The maximum absolute atomic E-state index is 5.80. The molecule has 0 spiro atoms. The molecule has 1 aromatic carbocycles. The number of benzene rings is 1. The third-order valence-corrected chi connectivity index (χ3v) is 2.02. The number of nitrogen functional groups attached to an aromatic ring is 2. The Hall–Kier alpha value is -2.03. The Kier molecular flexibility index (Phi) is 2.07. The van der Waals surface area contributed by atoms with E-state index >= 15 is 0 Å². The highest BCUT2D eigenvalue weighted by atomic mass is 14.7. The van der Waals surface area contributed by atoms with Crippen LogP contribution in [0.3, 0.4) is 0 Å². The van der Waals surface area contributed by atoms with Crippen LogP contribution in [0.5, 0.6) is 0 Å². The summed E-state index contributed by atoms with van der Waals surface area (Å²) in [6.45, 7) is 0. The number of nitrogens with two attached hydrogens (primary N) is 2. The summed E-state index contributed by atoms with van der Waals surface area (Å²) >= 11 is 0. The summed E-state index contributed by atoms with van der Waals surface area (Å²) in [7, 11) is 0. The van der Waals surface area contributed by atoms with Crippen LogP contribution < -0.4 is 11.5 Å². The van der Waals surface area contributed by atoms with Gasteiger partial charge in [0.25, 0.3) is 0 Å². The van der Waals surface area contributed by atoms with Crippen LogP contribution in [-0.4, -0.2) is 4.98 Å². The normalized spacial score (nSPS) is 10.0. The SMILES string of the molecule is Nc1ccc(-c2ncccc2N)cc1. The molecule has 0 aliphatic carbocycles. The summed E-state index contributed by atoms with van der Waals surface area (Å²) in [5.74, 6) is 0. The van der Waals surface area contributed by atoms with Crippen molar-refractivity contribution in [3.05, 3.63) is 42.6 Å². The van der Waals surface area contributed by atoms with Crippen LogP contribution in [0.2, 0.25) is 0 Å². The number of rotatable bonds is 1. The van der Waals surface area contributed by atoms with Gasteiger partial charge in [0.05, 0.1) is 11.4 Å². The monoisotopic (exact) mass is 185 g/mol. The van der Waals surface area contributed by atoms with Crippen molar-refractivity contribution < 1.29 is 0 Å². The molecule has 1 aromatic heterocycles. The van der Waals surface area contributed by atoms with Gasteiger partial charge in [0.15, 0.2) is 0 Å². The van der Waals surface area contributed by atoms with Crippen molar-refractivity contribution in [2.24, 2.45) is 0 Å². The highest BCUT2D eigenvalue weighted by Gasteiger charge is 2.01. The first-order chi connectivity index (χ1) is 6.77. The quantitative estimate of drug-likeness (QED) is 0.667.